The predicted molar refractivity (Wildman–Crippen MR) is 123 cm³/mol. The van der Waals surface area contributed by atoms with Crippen LogP contribution in [0.4, 0.5) is 21.6 Å². The van der Waals surface area contributed by atoms with Gasteiger partial charge in [-0.3, -0.25) is 5.10 Å². The molecule has 32 heavy (non-hydrogen) atoms. The normalized spacial score (nSPS) is 11.3. The molecule has 8 nitrogen and oxygen atoms in total. The summed E-state index contributed by atoms with van der Waals surface area (Å²) in [5.74, 6) is 0.209. The molecule has 2 aromatic carbocycles. The van der Waals surface area contributed by atoms with Crippen LogP contribution in [0, 0.1) is 5.82 Å². The van der Waals surface area contributed by atoms with Crippen LogP contribution < -0.4 is 10.2 Å². The van der Waals surface area contributed by atoms with Gasteiger partial charge in [0.25, 0.3) is 0 Å². The van der Waals surface area contributed by atoms with E-state index in [0.29, 0.717) is 40.2 Å². The Labute approximate surface area is 183 Å². The third-order valence-electron chi connectivity index (χ3n) is 5.42. The molecule has 3 N–H and O–H groups in total. The summed E-state index contributed by atoms with van der Waals surface area (Å²) in [4.78, 5) is 11.2. The number of fused-ring (bicyclic) bond motifs is 2. The first kappa shape index (κ1) is 20.0. The molecule has 0 aliphatic heterocycles. The summed E-state index contributed by atoms with van der Waals surface area (Å²) < 4.78 is 16.4. The number of anilines is 3. The minimum atomic E-state index is -0.354. The van der Waals surface area contributed by atoms with Crippen LogP contribution in [0.5, 0.6) is 0 Å². The number of aromatic amines is 1. The maximum absolute atomic E-state index is 14.5. The van der Waals surface area contributed by atoms with Gasteiger partial charge in [-0.25, -0.2) is 14.4 Å². The van der Waals surface area contributed by atoms with Crippen LogP contribution in [0.25, 0.3) is 27.8 Å². The summed E-state index contributed by atoms with van der Waals surface area (Å²) in [7, 11) is 0. The van der Waals surface area contributed by atoms with Gasteiger partial charge in [-0.15, -0.1) is 0 Å². The fourth-order valence-electron chi connectivity index (χ4n) is 3.79. The second kappa shape index (κ2) is 8.27. The third-order valence-corrected chi connectivity index (χ3v) is 5.42. The molecule has 0 amide bonds. The Balaban J connectivity index is 1.51. The molecule has 5 rings (SSSR count). The molecule has 0 saturated heterocycles. The number of nitrogens with zero attached hydrogens (tertiary/aromatic N) is 5. The molecule has 9 heteroatoms. The molecule has 0 aliphatic carbocycles. The number of hydrogen-bond donors (Lipinski definition) is 3. The van der Waals surface area contributed by atoms with Crippen molar-refractivity contribution in [2.24, 2.45) is 0 Å². The van der Waals surface area contributed by atoms with E-state index in [1.165, 1.54) is 12.3 Å². The van der Waals surface area contributed by atoms with Crippen molar-refractivity contribution in [2.75, 3.05) is 29.9 Å². The number of rotatable bonds is 7. The molecular formula is C23H22FN7O. The molecule has 0 spiro atoms. The highest BCUT2D eigenvalue weighted by molar-refractivity contribution is 5.84. The van der Waals surface area contributed by atoms with Crippen molar-refractivity contribution < 1.29 is 9.50 Å². The van der Waals surface area contributed by atoms with Gasteiger partial charge in [-0.1, -0.05) is 0 Å². The molecule has 5 aromatic rings. The van der Waals surface area contributed by atoms with Crippen LogP contribution in [0.3, 0.4) is 0 Å². The minimum absolute atomic E-state index is 0.105. The summed E-state index contributed by atoms with van der Waals surface area (Å²) in [6.45, 7) is 3.55. The molecule has 0 bridgehead atoms. The first-order valence-electron chi connectivity index (χ1n) is 10.4. The van der Waals surface area contributed by atoms with E-state index >= 15 is 0 Å². The summed E-state index contributed by atoms with van der Waals surface area (Å²) in [5, 5.41) is 19.7. The van der Waals surface area contributed by atoms with Gasteiger partial charge < -0.3 is 19.7 Å². The third kappa shape index (κ3) is 3.63. The van der Waals surface area contributed by atoms with Gasteiger partial charge in [-0.2, -0.15) is 5.10 Å². The van der Waals surface area contributed by atoms with Gasteiger partial charge in [0.15, 0.2) is 11.5 Å². The first-order chi connectivity index (χ1) is 15.7. The zero-order chi connectivity index (χ0) is 22.1. The number of aromatic nitrogens is 5. The minimum Gasteiger partial charge on any atom is -0.395 e. The summed E-state index contributed by atoms with van der Waals surface area (Å²) in [6, 6.07) is 11.2. The SMILES string of the molecule is CCN(CCO)c1ccc(Nc2nc(-c3cc(F)c4cn[nH]c4c3)cn3ccnc23)cc1. The summed E-state index contributed by atoms with van der Waals surface area (Å²) in [6.07, 6.45) is 6.81. The number of hydrogen-bond acceptors (Lipinski definition) is 6. The standard InChI is InChI=1S/C23H22FN7O/c1-2-30(9-10-32)17-5-3-16(4-6-17)27-22-23-25-7-8-31(23)14-21(28-22)15-11-19(24)18-13-26-29-20(18)12-15/h3-8,11-14,32H,2,9-10H2,1H3,(H,26,29)(H,27,28). The van der Waals surface area contributed by atoms with Crippen LogP contribution in [0.15, 0.2) is 61.2 Å². The number of halogens is 1. The Morgan fingerprint density at radius 3 is 2.84 bits per heavy atom. The van der Waals surface area contributed by atoms with Crippen molar-refractivity contribution in [3.05, 3.63) is 67.0 Å². The lowest BCUT2D eigenvalue weighted by molar-refractivity contribution is 0.302. The number of aliphatic hydroxyl groups excluding tert-OH is 1. The number of nitrogens with one attached hydrogen (secondary N) is 2. The van der Waals surface area contributed by atoms with Crippen molar-refractivity contribution in [3.63, 3.8) is 0 Å². The molecular weight excluding hydrogens is 409 g/mol. The molecule has 0 atom stereocenters. The Morgan fingerprint density at radius 2 is 2.06 bits per heavy atom. The van der Waals surface area contributed by atoms with Crippen molar-refractivity contribution >= 4 is 33.7 Å². The fraction of sp³-hybridized carbons (Fsp3) is 0.174. The zero-order valence-corrected chi connectivity index (χ0v) is 17.5. The summed E-state index contributed by atoms with van der Waals surface area (Å²) in [5.41, 5.74) is 4.39. The maximum atomic E-state index is 14.5. The van der Waals surface area contributed by atoms with Crippen molar-refractivity contribution in [1.82, 2.24) is 24.6 Å². The number of likely N-dealkylation sites (N-methyl/N-ethyl adjacent to an activating group) is 1. The average Bonchev–Trinajstić information content (AvgIpc) is 3.48. The topological polar surface area (TPSA) is 94.4 Å². The lowest BCUT2D eigenvalue weighted by Crippen LogP contribution is -2.25. The molecule has 0 aliphatic rings. The van der Waals surface area contributed by atoms with E-state index in [9.17, 15) is 9.50 Å². The van der Waals surface area contributed by atoms with Gasteiger partial charge >= 0.3 is 0 Å². The van der Waals surface area contributed by atoms with E-state index in [4.69, 9.17) is 4.98 Å². The van der Waals surface area contributed by atoms with Crippen LogP contribution in [0.1, 0.15) is 6.92 Å². The van der Waals surface area contributed by atoms with E-state index in [-0.39, 0.29) is 12.4 Å². The second-order valence-electron chi connectivity index (χ2n) is 7.40. The van der Waals surface area contributed by atoms with E-state index in [0.717, 1.165) is 17.9 Å². The molecule has 0 radical (unpaired) electrons. The first-order valence-corrected chi connectivity index (χ1v) is 10.4. The molecule has 162 valence electrons. The average molecular weight is 431 g/mol. The van der Waals surface area contributed by atoms with Crippen molar-refractivity contribution in [2.45, 2.75) is 6.92 Å². The van der Waals surface area contributed by atoms with Crippen molar-refractivity contribution in [3.8, 4) is 11.3 Å². The quantitative estimate of drug-likeness (QED) is 0.361. The Bertz CT molecular complexity index is 1380. The monoisotopic (exact) mass is 431 g/mol. The van der Waals surface area contributed by atoms with E-state index in [2.05, 4.69) is 32.3 Å². The van der Waals surface area contributed by atoms with Crippen molar-refractivity contribution in [1.29, 1.82) is 0 Å². The highest BCUT2D eigenvalue weighted by atomic mass is 19.1. The molecule has 3 aromatic heterocycles. The zero-order valence-electron chi connectivity index (χ0n) is 17.5. The highest BCUT2D eigenvalue weighted by Gasteiger charge is 2.13. The van der Waals surface area contributed by atoms with Crippen LogP contribution in [-0.4, -0.2) is 49.4 Å². The fourth-order valence-corrected chi connectivity index (χ4v) is 3.79. The van der Waals surface area contributed by atoms with Crippen LogP contribution in [0.2, 0.25) is 0 Å². The number of aliphatic hydroxyl groups is 1. The Morgan fingerprint density at radius 1 is 1.22 bits per heavy atom. The lowest BCUT2D eigenvalue weighted by Gasteiger charge is -2.22. The Hall–Kier alpha value is -3.98. The molecule has 3 heterocycles. The molecule has 0 unspecified atom stereocenters. The van der Waals surface area contributed by atoms with Gasteiger partial charge in [-0.05, 0) is 43.3 Å². The smallest absolute Gasteiger partial charge is 0.180 e. The van der Waals surface area contributed by atoms with E-state index in [1.54, 1.807) is 6.20 Å². The molecule has 0 saturated carbocycles. The number of H-pyrrole nitrogens is 1. The Kier molecular flexibility index (Phi) is 5.16. The second-order valence-corrected chi connectivity index (χ2v) is 7.40. The van der Waals surface area contributed by atoms with Gasteiger partial charge in [0.2, 0.25) is 0 Å². The number of imidazole rings is 1. The maximum Gasteiger partial charge on any atom is 0.180 e. The van der Waals surface area contributed by atoms with E-state index in [1.807, 2.05) is 47.1 Å². The van der Waals surface area contributed by atoms with Gasteiger partial charge in [0, 0.05) is 48.6 Å². The predicted octanol–water partition coefficient (Wildman–Crippen LogP) is 3.97. The van der Waals surface area contributed by atoms with Gasteiger partial charge in [0.1, 0.15) is 5.82 Å². The number of benzene rings is 2. The van der Waals surface area contributed by atoms with Crippen LogP contribution >= 0.6 is 0 Å². The summed E-state index contributed by atoms with van der Waals surface area (Å²) >= 11 is 0. The van der Waals surface area contributed by atoms with E-state index < -0.39 is 0 Å². The lowest BCUT2D eigenvalue weighted by atomic mass is 10.1. The molecule has 0 fully saturated rings. The van der Waals surface area contributed by atoms with Gasteiger partial charge in [0.05, 0.1) is 29.4 Å². The highest BCUT2D eigenvalue weighted by Crippen LogP contribution is 2.28. The van der Waals surface area contributed by atoms with Crippen LogP contribution in [-0.2, 0) is 0 Å². The largest absolute Gasteiger partial charge is 0.395 e.